The number of benzene rings is 3. The Morgan fingerprint density at radius 1 is 0.839 bits per heavy atom. The summed E-state index contributed by atoms with van der Waals surface area (Å²) in [6.07, 6.45) is 1.17. The van der Waals surface area contributed by atoms with E-state index in [1.807, 2.05) is 38.1 Å². The molecule has 0 fully saturated rings. The first-order valence-corrected chi connectivity index (χ1v) is 11.3. The van der Waals surface area contributed by atoms with Crippen LogP contribution in [0.25, 0.3) is 0 Å². The van der Waals surface area contributed by atoms with Gasteiger partial charge in [-0.05, 0) is 56.7 Å². The molecule has 0 amide bonds. The Kier molecular flexibility index (Phi) is 8.39. The van der Waals surface area contributed by atoms with Crippen LogP contribution in [0.2, 0.25) is 5.02 Å². The minimum absolute atomic E-state index is 0.166. The number of nitrogens with two attached hydrogens (primary N) is 1. The lowest BCUT2D eigenvalue weighted by atomic mass is 9.87. The van der Waals surface area contributed by atoms with E-state index < -0.39 is 0 Å². The summed E-state index contributed by atoms with van der Waals surface area (Å²) in [5.41, 5.74) is 3.77. The van der Waals surface area contributed by atoms with E-state index in [0.29, 0.717) is 6.04 Å². The Morgan fingerprint density at radius 3 is 2.13 bits per heavy atom. The summed E-state index contributed by atoms with van der Waals surface area (Å²) >= 11 is 6.03. The van der Waals surface area contributed by atoms with Crippen molar-refractivity contribution in [2.75, 3.05) is 13.7 Å². The fourth-order valence-corrected chi connectivity index (χ4v) is 4.05. The standard InChI is InChI=1S/C27H32ClNO2/c1-19(2)31-24-15-11-22(12-16-24)25(26-7-5-6-8-27(26)30-4)17-18-29-20(3)21-9-13-23(28)14-10-21/h5-16,19-20,25,29H,17-18H2,1-4H3/p+1/t20-,25+/m1/s1. The molecule has 0 spiro atoms. The Bertz CT molecular complexity index is 938. The lowest BCUT2D eigenvalue weighted by Gasteiger charge is -2.21. The average Bonchev–Trinajstić information content (AvgIpc) is 2.77. The monoisotopic (exact) mass is 438 g/mol. The number of para-hydroxylation sites is 1. The molecule has 31 heavy (non-hydrogen) atoms. The Morgan fingerprint density at radius 2 is 1.48 bits per heavy atom. The molecule has 0 heterocycles. The molecule has 0 aliphatic rings. The summed E-state index contributed by atoms with van der Waals surface area (Å²) in [5.74, 6) is 2.08. The van der Waals surface area contributed by atoms with Crippen LogP contribution in [0, 0.1) is 0 Å². The van der Waals surface area contributed by atoms with Crippen molar-refractivity contribution in [3.63, 3.8) is 0 Å². The van der Waals surface area contributed by atoms with Gasteiger partial charge < -0.3 is 14.8 Å². The molecule has 3 nitrogen and oxygen atoms in total. The second-order valence-electron chi connectivity index (χ2n) is 8.18. The van der Waals surface area contributed by atoms with Gasteiger partial charge in [-0.2, -0.15) is 0 Å². The Hall–Kier alpha value is -2.49. The molecule has 4 heteroatoms. The van der Waals surface area contributed by atoms with Gasteiger partial charge in [0.1, 0.15) is 17.5 Å². The number of methoxy groups -OCH3 is 1. The highest BCUT2D eigenvalue weighted by molar-refractivity contribution is 6.30. The molecule has 0 saturated heterocycles. The summed E-state index contributed by atoms with van der Waals surface area (Å²) < 4.78 is 11.5. The van der Waals surface area contributed by atoms with Crippen molar-refractivity contribution in [1.29, 1.82) is 0 Å². The first-order valence-electron chi connectivity index (χ1n) is 11.0. The molecular weight excluding hydrogens is 406 g/mol. The smallest absolute Gasteiger partial charge is 0.122 e. The maximum absolute atomic E-state index is 6.03. The number of halogens is 1. The lowest BCUT2D eigenvalue weighted by Crippen LogP contribution is -2.84. The summed E-state index contributed by atoms with van der Waals surface area (Å²) in [7, 11) is 1.74. The molecule has 2 atom stereocenters. The second-order valence-corrected chi connectivity index (χ2v) is 8.62. The molecule has 0 aliphatic carbocycles. The summed E-state index contributed by atoms with van der Waals surface area (Å²) in [6, 6.07) is 25.3. The zero-order valence-corrected chi connectivity index (χ0v) is 19.6. The normalized spacial score (nSPS) is 13.1. The molecule has 0 aromatic heterocycles. The third-order valence-corrected chi connectivity index (χ3v) is 5.79. The minimum atomic E-state index is 0.166. The predicted molar refractivity (Wildman–Crippen MR) is 128 cm³/mol. The highest BCUT2D eigenvalue weighted by atomic mass is 35.5. The van der Waals surface area contributed by atoms with Crippen LogP contribution in [0.3, 0.4) is 0 Å². The minimum Gasteiger partial charge on any atom is -0.496 e. The molecule has 0 aliphatic heterocycles. The number of hydrogen-bond acceptors (Lipinski definition) is 2. The Balaban J connectivity index is 1.77. The number of rotatable bonds is 10. The first-order chi connectivity index (χ1) is 15.0. The van der Waals surface area contributed by atoms with Gasteiger partial charge in [0, 0.05) is 28.5 Å². The van der Waals surface area contributed by atoms with Crippen molar-refractivity contribution in [1.82, 2.24) is 0 Å². The zero-order valence-electron chi connectivity index (χ0n) is 18.8. The SMILES string of the molecule is COc1ccccc1[C@@H](CC[NH2+][C@H](C)c1ccc(Cl)cc1)c1ccc(OC(C)C)cc1. The van der Waals surface area contributed by atoms with E-state index >= 15 is 0 Å². The van der Waals surface area contributed by atoms with Gasteiger partial charge in [0.25, 0.3) is 0 Å². The van der Waals surface area contributed by atoms with Gasteiger partial charge in [-0.3, -0.25) is 0 Å². The van der Waals surface area contributed by atoms with Crippen LogP contribution in [0.1, 0.15) is 55.8 Å². The van der Waals surface area contributed by atoms with Crippen LogP contribution in [0.15, 0.2) is 72.8 Å². The third-order valence-electron chi connectivity index (χ3n) is 5.54. The van der Waals surface area contributed by atoms with Gasteiger partial charge in [0.2, 0.25) is 0 Å². The highest BCUT2D eigenvalue weighted by Gasteiger charge is 2.20. The fraction of sp³-hybridized carbons (Fsp3) is 0.333. The maximum atomic E-state index is 6.03. The molecule has 0 radical (unpaired) electrons. The van der Waals surface area contributed by atoms with Crippen LogP contribution in [0.5, 0.6) is 11.5 Å². The maximum Gasteiger partial charge on any atom is 0.122 e. The second kappa shape index (κ2) is 11.2. The predicted octanol–water partition coefficient (Wildman–Crippen LogP) is 5.98. The number of ether oxygens (including phenoxy) is 2. The first kappa shape index (κ1) is 23.2. The zero-order chi connectivity index (χ0) is 22.2. The van der Waals surface area contributed by atoms with Crippen LogP contribution in [0.4, 0.5) is 0 Å². The number of quaternary nitrogens is 1. The lowest BCUT2D eigenvalue weighted by molar-refractivity contribution is -0.693. The van der Waals surface area contributed by atoms with Gasteiger partial charge in [0.05, 0.1) is 19.8 Å². The summed E-state index contributed by atoms with van der Waals surface area (Å²) in [6.45, 7) is 7.32. The highest BCUT2D eigenvalue weighted by Crippen LogP contribution is 2.34. The van der Waals surface area contributed by atoms with E-state index in [0.717, 1.165) is 29.5 Å². The van der Waals surface area contributed by atoms with E-state index in [-0.39, 0.29) is 12.0 Å². The fourth-order valence-electron chi connectivity index (χ4n) is 3.92. The molecule has 0 unspecified atom stereocenters. The molecule has 2 N–H and O–H groups in total. The van der Waals surface area contributed by atoms with E-state index in [2.05, 4.69) is 60.8 Å². The van der Waals surface area contributed by atoms with Gasteiger partial charge in [-0.15, -0.1) is 0 Å². The summed E-state index contributed by atoms with van der Waals surface area (Å²) in [4.78, 5) is 0. The van der Waals surface area contributed by atoms with E-state index in [4.69, 9.17) is 21.1 Å². The average molecular weight is 439 g/mol. The van der Waals surface area contributed by atoms with E-state index in [1.165, 1.54) is 16.7 Å². The summed E-state index contributed by atoms with van der Waals surface area (Å²) in [5, 5.41) is 3.17. The quantitative estimate of drug-likeness (QED) is 0.422. The van der Waals surface area contributed by atoms with Crippen LogP contribution in [-0.2, 0) is 0 Å². The third kappa shape index (κ3) is 6.49. The van der Waals surface area contributed by atoms with Crippen molar-refractivity contribution < 1.29 is 14.8 Å². The van der Waals surface area contributed by atoms with Crippen molar-refractivity contribution in [2.45, 2.75) is 45.3 Å². The van der Waals surface area contributed by atoms with Gasteiger partial charge in [-0.25, -0.2) is 0 Å². The van der Waals surface area contributed by atoms with Gasteiger partial charge in [-0.1, -0.05) is 54.1 Å². The molecule has 164 valence electrons. The van der Waals surface area contributed by atoms with Crippen LogP contribution in [-0.4, -0.2) is 19.8 Å². The van der Waals surface area contributed by atoms with Crippen LogP contribution < -0.4 is 14.8 Å². The van der Waals surface area contributed by atoms with E-state index in [9.17, 15) is 0 Å². The van der Waals surface area contributed by atoms with E-state index in [1.54, 1.807) is 7.11 Å². The molecule has 0 saturated carbocycles. The molecule has 3 rings (SSSR count). The van der Waals surface area contributed by atoms with Gasteiger partial charge in [0.15, 0.2) is 0 Å². The van der Waals surface area contributed by atoms with Crippen molar-refractivity contribution in [2.24, 2.45) is 0 Å². The molecular formula is C27H33ClNO2+. The number of hydrogen-bond donors (Lipinski definition) is 1. The van der Waals surface area contributed by atoms with Crippen molar-refractivity contribution in [3.8, 4) is 11.5 Å². The topological polar surface area (TPSA) is 35.1 Å². The van der Waals surface area contributed by atoms with Crippen LogP contribution >= 0.6 is 11.6 Å². The Labute approximate surface area is 191 Å². The van der Waals surface area contributed by atoms with Crippen molar-refractivity contribution in [3.05, 3.63) is 94.5 Å². The van der Waals surface area contributed by atoms with Gasteiger partial charge >= 0.3 is 0 Å². The van der Waals surface area contributed by atoms with Crippen molar-refractivity contribution >= 4 is 11.6 Å². The molecule has 3 aromatic rings. The largest absolute Gasteiger partial charge is 0.496 e. The molecule has 3 aromatic carbocycles. The molecule has 0 bridgehead atoms.